The molecule has 1 N–H and O–H groups in total. The summed E-state index contributed by atoms with van der Waals surface area (Å²) >= 11 is 16.8. The van der Waals surface area contributed by atoms with Crippen LogP contribution in [0, 0.1) is 29.1 Å². The highest BCUT2D eigenvalue weighted by atomic mass is 35.6. The monoisotopic (exact) mass is 474 g/mol. The van der Waals surface area contributed by atoms with Crippen molar-refractivity contribution in [3.63, 3.8) is 0 Å². The van der Waals surface area contributed by atoms with Gasteiger partial charge in [0, 0.05) is 23.8 Å². The standard InChI is InChI=1S/C16H6Cl3F5N2O3/c17-16(18,19)4-26(15(27)28)14-11-9(29-25-14)3-8(23)13(24)12(11)10-6(21)1-5(20)2-7(10)22/h1-3H,4H2,(H,27,28). The molecule has 3 aromatic rings. The molecule has 1 aromatic heterocycles. The number of nitrogens with zero attached hydrogens (tertiary/aromatic N) is 2. The van der Waals surface area contributed by atoms with Gasteiger partial charge < -0.3 is 9.63 Å². The predicted molar refractivity (Wildman–Crippen MR) is 94.9 cm³/mol. The van der Waals surface area contributed by atoms with Gasteiger partial charge in [0.15, 0.2) is 23.0 Å². The van der Waals surface area contributed by atoms with Gasteiger partial charge in [0.2, 0.25) is 3.79 Å². The molecular formula is C16H6Cl3F5N2O3. The van der Waals surface area contributed by atoms with Gasteiger partial charge in [-0.3, -0.25) is 4.90 Å². The molecule has 0 aliphatic heterocycles. The van der Waals surface area contributed by atoms with Crippen molar-refractivity contribution in [3.05, 3.63) is 47.3 Å². The molecule has 13 heteroatoms. The van der Waals surface area contributed by atoms with Gasteiger partial charge in [-0.15, -0.1) is 0 Å². The van der Waals surface area contributed by atoms with Crippen LogP contribution in [0.5, 0.6) is 0 Å². The zero-order valence-electron chi connectivity index (χ0n) is 13.6. The Kier molecular flexibility index (Phi) is 5.54. The van der Waals surface area contributed by atoms with Gasteiger partial charge in [-0.25, -0.2) is 26.7 Å². The Morgan fingerprint density at radius 1 is 1.03 bits per heavy atom. The average Bonchev–Trinajstić information content (AvgIpc) is 2.97. The second-order valence-corrected chi connectivity index (χ2v) is 8.17. The summed E-state index contributed by atoms with van der Waals surface area (Å²) < 4.78 is 73.1. The maximum absolute atomic E-state index is 14.6. The second-order valence-electron chi connectivity index (χ2n) is 5.66. The summed E-state index contributed by atoms with van der Waals surface area (Å²) in [6, 6.07) is 0.954. The molecule has 0 aliphatic rings. The van der Waals surface area contributed by atoms with Gasteiger partial charge in [0.1, 0.15) is 17.5 Å². The molecule has 154 valence electrons. The van der Waals surface area contributed by atoms with Gasteiger partial charge in [-0.05, 0) is 0 Å². The van der Waals surface area contributed by atoms with Crippen molar-refractivity contribution >= 4 is 57.7 Å². The predicted octanol–water partition coefficient (Wildman–Crippen LogP) is 6.04. The van der Waals surface area contributed by atoms with Gasteiger partial charge in [-0.2, -0.15) is 0 Å². The minimum Gasteiger partial charge on any atom is -0.465 e. The number of amides is 1. The van der Waals surface area contributed by atoms with Crippen molar-refractivity contribution in [2.75, 3.05) is 11.4 Å². The fraction of sp³-hybridized carbons (Fsp3) is 0.125. The molecule has 0 unspecified atom stereocenters. The van der Waals surface area contributed by atoms with E-state index in [9.17, 15) is 31.9 Å². The summed E-state index contributed by atoms with van der Waals surface area (Å²) in [5, 5.41) is 12.2. The second kappa shape index (κ2) is 7.51. The van der Waals surface area contributed by atoms with E-state index in [2.05, 4.69) is 5.16 Å². The number of hydrogen-bond donors (Lipinski definition) is 1. The largest absolute Gasteiger partial charge is 0.465 e. The Morgan fingerprint density at radius 2 is 1.62 bits per heavy atom. The van der Waals surface area contributed by atoms with Crippen LogP contribution in [0.1, 0.15) is 0 Å². The van der Waals surface area contributed by atoms with Crippen molar-refractivity contribution in [1.29, 1.82) is 0 Å². The molecule has 2 aromatic carbocycles. The highest BCUT2D eigenvalue weighted by Gasteiger charge is 2.34. The third kappa shape index (κ3) is 4.05. The number of alkyl halides is 3. The van der Waals surface area contributed by atoms with Crippen molar-refractivity contribution in [3.8, 4) is 11.1 Å². The lowest BCUT2D eigenvalue weighted by atomic mass is 9.99. The first-order chi connectivity index (χ1) is 13.4. The van der Waals surface area contributed by atoms with Crippen molar-refractivity contribution in [2.24, 2.45) is 0 Å². The number of benzene rings is 2. The lowest BCUT2D eigenvalue weighted by Crippen LogP contribution is -2.37. The molecule has 0 spiro atoms. The summed E-state index contributed by atoms with van der Waals surface area (Å²) in [6.45, 7) is -0.846. The van der Waals surface area contributed by atoms with Crippen LogP contribution in [0.3, 0.4) is 0 Å². The number of fused-ring (bicyclic) bond motifs is 1. The highest BCUT2D eigenvalue weighted by molar-refractivity contribution is 6.68. The molecule has 0 atom stereocenters. The zero-order chi connectivity index (χ0) is 21.7. The summed E-state index contributed by atoms with van der Waals surface area (Å²) in [7, 11) is 0. The Morgan fingerprint density at radius 3 is 2.14 bits per heavy atom. The number of carboxylic acid groups (broad SMARTS) is 1. The number of anilines is 1. The maximum Gasteiger partial charge on any atom is 0.413 e. The number of hydrogen-bond acceptors (Lipinski definition) is 3. The molecule has 1 amide bonds. The molecule has 3 rings (SSSR count). The molecule has 0 fully saturated rings. The van der Waals surface area contributed by atoms with Crippen LogP contribution in [0.25, 0.3) is 22.1 Å². The lowest BCUT2D eigenvalue weighted by molar-refractivity contribution is 0.201. The SMILES string of the molecule is O=C(O)N(CC(Cl)(Cl)Cl)c1noc2cc(F)c(F)c(-c3c(F)cc(F)cc3F)c12. The highest BCUT2D eigenvalue weighted by Crippen LogP contribution is 2.42. The third-order valence-electron chi connectivity index (χ3n) is 3.72. The fourth-order valence-electron chi connectivity index (χ4n) is 2.65. The molecule has 0 bridgehead atoms. The van der Waals surface area contributed by atoms with E-state index in [0.29, 0.717) is 11.0 Å². The van der Waals surface area contributed by atoms with Crippen LogP contribution in [-0.4, -0.2) is 26.7 Å². The van der Waals surface area contributed by atoms with E-state index in [4.69, 9.17) is 39.3 Å². The minimum absolute atomic E-state index is 0.234. The number of aromatic nitrogens is 1. The number of halogens is 8. The topological polar surface area (TPSA) is 66.6 Å². The van der Waals surface area contributed by atoms with Crippen molar-refractivity contribution in [2.45, 2.75) is 3.79 Å². The first kappa shape index (κ1) is 21.4. The molecular weight excluding hydrogens is 470 g/mol. The van der Waals surface area contributed by atoms with E-state index >= 15 is 0 Å². The maximum atomic E-state index is 14.6. The Balaban J connectivity index is 2.41. The Labute approximate surface area is 173 Å². The normalized spacial score (nSPS) is 11.9. The van der Waals surface area contributed by atoms with Crippen LogP contribution >= 0.6 is 34.8 Å². The fourth-order valence-corrected chi connectivity index (χ4v) is 3.01. The quantitative estimate of drug-likeness (QED) is 0.370. The Bertz CT molecular complexity index is 1110. The van der Waals surface area contributed by atoms with E-state index in [1.165, 1.54) is 0 Å². The molecule has 0 saturated heterocycles. The molecule has 1 heterocycles. The van der Waals surface area contributed by atoms with Crippen molar-refractivity contribution in [1.82, 2.24) is 5.16 Å². The zero-order valence-corrected chi connectivity index (χ0v) is 15.9. The number of rotatable bonds is 3. The summed E-state index contributed by atoms with van der Waals surface area (Å²) in [5.74, 6) is -8.54. The van der Waals surface area contributed by atoms with Crippen LogP contribution in [-0.2, 0) is 0 Å². The van der Waals surface area contributed by atoms with E-state index in [-0.39, 0.29) is 12.1 Å². The van der Waals surface area contributed by atoms with Gasteiger partial charge in [0.05, 0.1) is 17.5 Å². The molecule has 0 radical (unpaired) electrons. The van der Waals surface area contributed by atoms with E-state index < -0.39 is 73.4 Å². The van der Waals surface area contributed by atoms with Crippen LogP contribution in [0.4, 0.5) is 32.6 Å². The van der Waals surface area contributed by atoms with E-state index in [0.717, 1.165) is 0 Å². The number of carbonyl (C=O) groups is 1. The third-order valence-corrected chi connectivity index (χ3v) is 4.08. The van der Waals surface area contributed by atoms with E-state index in [1.807, 2.05) is 0 Å². The van der Waals surface area contributed by atoms with Gasteiger partial charge >= 0.3 is 6.09 Å². The van der Waals surface area contributed by atoms with Gasteiger partial charge in [-0.1, -0.05) is 40.0 Å². The first-order valence-corrected chi connectivity index (χ1v) is 8.53. The van der Waals surface area contributed by atoms with Crippen LogP contribution in [0.15, 0.2) is 22.7 Å². The van der Waals surface area contributed by atoms with Crippen LogP contribution < -0.4 is 4.90 Å². The lowest BCUT2D eigenvalue weighted by Gasteiger charge is -2.21. The summed E-state index contributed by atoms with van der Waals surface area (Å²) in [4.78, 5) is 11.9. The molecule has 5 nitrogen and oxygen atoms in total. The average molecular weight is 476 g/mol. The smallest absolute Gasteiger partial charge is 0.413 e. The molecule has 0 aliphatic carbocycles. The Hall–Kier alpha value is -2.30. The summed E-state index contributed by atoms with van der Waals surface area (Å²) in [5.41, 5.74) is -2.81. The van der Waals surface area contributed by atoms with Gasteiger partial charge in [0.25, 0.3) is 0 Å². The van der Waals surface area contributed by atoms with Crippen LogP contribution in [0.2, 0.25) is 0 Å². The summed E-state index contributed by atoms with van der Waals surface area (Å²) in [6.07, 6.45) is -1.75. The molecule has 29 heavy (non-hydrogen) atoms. The minimum atomic E-state index is -2.17. The van der Waals surface area contributed by atoms with E-state index in [1.54, 1.807) is 0 Å². The van der Waals surface area contributed by atoms with Crippen molar-refractivity contribution < 1.29 is 36.4 Å². The molecule has 0 saturated carbocycles. The first-order valence-electron chi connectivity index (χ1n) is 7.40.